The van der Waals surface area contributed by atoms with Crippen LogP contribution >= 0.6 is 0 Å². The maximum absolute atomic E-state index is 12.3. The summed E-state index contributed by atoms with van der Waals surface area (Å²) in [7, 11) is 0. The third kappa shape index (κ3) is 3.76. The molecule has 1 saturated heterocycles. The predicted octanol–water partition coefficient (Wildman–Crippen LogP) is 2.06. The predicted molar refractivity (Wildman–Crippen MR) is 84.4 cm³/mol. The molecule has 0 radical (unpaired) electrons. The Bertz CT molecular complexity index is 555. The van der Waals surface area contributed by atoms with Crippen molar-refractivity contribution in [3.63, 3.8) is 0 Å². The Morgan fingerprint density at radius 3 is 2.55 bits per heavy atom. The lowest BCUT2D eigenvalue weighted by Gasteiger charge is -2.32. The fourth-order valence-electron chi connectivity index (χ4n) is 3.75. The number of hydrogen-bond acceptors (Lipinski definition) is 3. The summed E-state index contributed by atoms with van der Waals surface area (Å²) in [6.07, 6.45) is 10.9. The SMILES string of the molecule is O=C(CC1CCCC1)N1CCC(Cn2cnccc2=O)CC1. The number of nitrogens with zero attached hydrogens (tertiary/aromatic N) is 3. The van der Waals surface area contributed by atoms with Gasteiger partial charge in [-0.05, 0) is 37.5 Å². The number of rotatable bonds is 4. The number of hydrogen-bond donors (Lipinski definition) is 0. The molecule has 5 nitrogen and oxygen atoms in total. The average molecular weight is 303 g/mol. The molecule has 2 heterocycles. The molecule has 1 amide bonds. The smallest absolute Gasteiger partial charge is 0.253 e. The number of piperidine rings is 1. The zero-order valence-corrected chi connectivity index (χ0v) is 13.1. The molecule has 0 atom stereocenters. The summed E-state index contributed by atoms with van der Waals surface area (Å²) in [5, 5.41) is 0. The van der Waals surface area contributed by atoms with Crippen LogP contribution in [0, 0.1) is 11.8 Å². The highest BCUT2D eigenvalue weighted by molar-refractivity contribution is 5.76. The van der Waals surface area contributed by atoms with Crippen molar-refractivity contribution in [2.45, 2.75) is 51.5 Å². The van der Waals surface area contributed by atoms with Gasteiger partial charge in [0.25, 0.3) is 5.56 Å². The van der Waals surface area contributed by atoms with E-state index in [1.807, 2.05) is 4.90 Å². The summed E-state index contributed by atoms with van der Waals surface area (Å²) in [4.78, 5) is 30.1. The molecule has 0 spiro atoms. The molecule has 2 aliphatic rings. The minimum Gasteiger partial charge on any atom is -0.343 e. The number of carbonyl (C=O) groups is 1. The molecule has 0 aromatic carbocycles. The molecular weight excluding hydrogens is 278 g/mol. The molecule has 0 bridgehead atoms. The second-order valence-electron chi connectivity index (χ2n) is 6.75. The Morgan fingerprint density at radius 1 is 1.14 bits per heavy atom. The van der Waals surface area contributed by atoms with Crippen molar-refractivity contribution in [2.24, 2.45) is 11.8 Å². The van der Waals surface area contributed by atoms with Gasteiger partial charge in [-0.2, -0.15) is 0 Å². The van der Waals surface area contributed by atoms with Crippen molar-refractivity contribution >= 4 is 5.91 Å². The third-order valence-electron chi connectivity index (χ3n) is 5.15. The minimum absolute atomic E-state index is 0.00902. The fourth-order valence-corrected chi connectivity index (χ4v) is 3.75. The van der Waals surface area contributed by atoms with E-state index in [0.717, 1.165) is 38.9 Å². The van der Waals surface area contributed by atoms with Crippen molar-refractivity contribution in [1.29, 1.82) is 0 Å². The van der Waals surface area contributed by atoms with Crippen LogP contribution < -0.4 is 5.56 Å². The van der Waals surface area contributed by atoms with E-state index in [9.17, 15) is 9.59 Å². The van der Waals surface area contributed by atoms with Crippen molar-refractivity contribution in [3.8, 4) is 0 Å². The van der Waals surface area contributed by atoms with Crippen LogP contribution in [0.3, 0.4) is 0 Å². The highest BCUT2D eigenvalue weighted by atomic mass is 16.2. The van der Waals surface area contributed by atoms with Gasteiger partial charge in [0.2, 0.25) is 5.91 Å². The van der Waals surface area contributed by atoms with E-state index in [2.05, 4.69) is 4.98 Å². The van der Waals surface area contributed by atoms with Crippen molar-refractivity contribution < 1.29 is 4.79 Å². The second-order valence-corrected chi connectivity index (χ2v) is 6.75. The third-order valence-corrected chi connectivity index (χ3v) is 5.15. The van der Waals surface area contributed by atoms with Crippen LogP contribution in [0.1, 0.15) is 44.9 Å². The summed E-state index contributed by atoms with van der Waals surface area (Å²) in [5.41, 5.74) is 0.00902. The van der Waals surface area contributed by atoms with Crippen LogP contribution in [0.25, 0.3) is 0 Å². The van der Waals surface area contributed by atoms with Crippen molar-refractivity contribution in [2.75, 3.05) is 13.1 Å². The van der Waals surface area contributed by atoms with E-state index in [0.29, 0.717) is 17.7 Å². The summed E-state index contributed by atoms with van der Waals surface area (Å²) in [5.74, 6) is 1.43. The number of amides is 1. The number of carbonyl (C=O) groups excluding carboxylic acids is 1. The Kier molecular flexibility index (Phi) is 4.90. The van der Waals surface area contributed by atoms with Crippen LogP contribution in [-0.2, 0) is 11.3 Å². The number of likely N-dealkylation sites (tertiary alicyclic amines) is 1. The van der Waals surface area contributed by atoms with Gasteiger partial charge in [-0.1, -0.05) is 12.8 Å². The first-order valence-electron chi connectivity index (χ1n) is 8.50. The molecule has 5 heteroatoms. The molecule has 1 saturated carbocycles. The van der Waals surface area contributed by atoms with Gasteiger partial charge in [-0.3, -0.25) is 14.2 Å². The van der Waals surface area contributed by atoms with Gasteiger partial charge in [-0.25, -0.2) is 4.98 Å². The minimum atomic E-state index is 0.00902. The van der Waals surface area contributed by atoms with Crippen LogP contribution in [-0.4, -0.2) is 33.4 Å². The molecule has 1 aliphatic carbocycles. The summed E-state index contributed by atoms with van der Waals surface area (Å²) in [6.45, 7) is 2.40. The van der Waals surface area contributed by atoms with E-state index in [4.69, 9.17) is 0 Å². The fraction of sp³-hybridized carbons (Fsp3) is 0.706. The van der Waals surface area contributed by atoms with Crippen molar-refractivity contribution in [1.82, 2.24) is 14.5 Å². The molecule has 1 aromatic heterocycles. The summed E-state index contributed by atoms with van der Waals surface area (Å²) < 4.78 is 1.68. The largest absolute Gasteiger partial charge is 0.343 e. The van der Waals surface area contributed by atoms with Gasteiger partial charge < -0.3 is 4.90 Å². The van der Waals surface area contributed by atoms with E-state index in [1.54, 1.807) is 10.9 Å². The summed E-state index contributed by atoms with van der Waals surface area (Å²) in [6, 6.07) is 1.50. The van der Waals surface area contributed by atoms with Gasteiger partial charge in [0.15, 0.2) is 0 Å². The Balaban J connectivity index is 1.46. The molecule has 0 N–H and O–H groups in total. The second kappa shape index (κ2) is 7.07. The Morgan fingerprint density at radius 2 is 1.86 bits per heavy atom. The maximum atomic E-state index is 12.3. The lowest BCUT2D eigenvalue weighted by atomic mass is 9.95. The maximum Gasteiger partial charge on any atom is 0.253 e. The van der Waals surface area contributed by atoms with Gasteiger partial charge >= 0.3 is 0 Å². The molecule has 2 fully saturated rings. The standard InChI is InChI=1S/C17H25N3O2/c21-16-5-8-18-13-20(16)12-15-6-9-19(10-7-15)17(22)11-14-3-1-2-4-14/h5,8,13-15H,1-4,6-7,9-12H2. The first-order valence-corrected chi connectivity index (χ1v) is 8.50. The molecule has 1 aliphatic heterocycles. The highest BCUT2D eigenvalue weighted by Gasteiger charge is 2.26. The lowest BCUT2D eigenvalue weighted by molar-refractivity contribution is -0.133. The average Bonchev–Trinajstić information content (AvgIpc) is 3.03. The summed E-state index contributed by atoms with van der Waals surface area (Å²) >= 11 is 0. The van der Waals surface area contributed by atoms with Crippen LogP contribution in [0.4, 0.5) is 0 Å². The molecule has 120 valence electrons. The molecular formula is C17H25N3O2. The van der Waals surface area contributed by atoms with Crippen LogP contribution in [0.2, 0.25) is 0 Å². The van der Waals surface area contributed by atoms with Crippen LogP contribution in [0.15, 0.2) is 23.4 Å². The Labute approximate surface area is 131 Å². The van der Waals surface area contributed by atoms with E-state index < -0.39 is 0 Å². The van der Waals surface area contributed by atoms with Gasteiger partial charge in [0, 0.05) is 38.3 Å². The van der Waals surface area contributed by atoms with Gasteiger partial charge in [-0.15, -0.1) is 0 Å². The molecule has 3 rings (SSSR count). The molecule has 0 unspecified atom stereocenters. The first kappa shape index (κ1) is 15.3. The topological polar surface area (TPSA) is 55.2 Å². The number of aromatic nitrogens is 2. The van der Waals surface area contributed by atoms with Gasteiger partial charge in [0.1, 0.15) is 0 Å². The van der Waals surface area contributed by atoms with Crippen LogP contribution in [0.5, 0.6) is 0 Å². The van der Waals surface area contributed by atoms with E-state index in [1.165, 1.54) is 37.9 Å². The van der Waals surface area contributed by atoms with Crippen molar-refractivity contribution in [3.05, 3.63) is 28.9 Å². The normalized spacial score (nSPS) is 20.5. The monoisotopic (exact) mass is 303 g/mol. The molecule has 1 aromatic rings. The van der Waals surface area contributed by atoms with Gasteiger partial charge in [0.05, 0.1) is 6.33 Å². The Hall–Kier alpha value is -1.65. The quantitative estimate of drug-likeness (QED) is 0.855. The zero-order valence-electron chi connectivity index (χ0n) is 13.1. The highest BCUT2D eigenvalue weighted by Crippen LogP contribution is 2.29. The van der Waals surface area contributed by atoms with E-state index in [-0.39, 0.29) is 5.56 Å². The first-order chi connectivity index (χ1) is 10.7. The zero-order chi connectivity index (χ0) is 15.4. The lowest BCUT2D eigenvalue weighted by Crippen LogP contribution is -2.40. The van der Waals surface area contributed by atoms with E-state index >= 15 is 0 Å². The molecule has 22 heavy (non-hydrogen) atoms.